The fourth-order valence-electron chi connectivity index (χ4n) is 1.56. The Balaban J connectivity index is 3.16. The minimum Gasteiger partial charge on any atom is -0.493 e. The summed E-state index contributed by atoms with van der Waals surface area (Å²) in [6, 6.07) is -0.817. The van der Waals surface area contributed by atoms with Gasteiger partial charge in [0, 0.05) is 18.5 Å². The highest BCUT2D eigenvalue weighted by atomic mass is 19.2. The Morgan fingerprint density at radius 1 is 1.44 bits per heavy atom. The van der Waals surface area contributed by atoms with Crippen molar-refractivity contribution in [3.8, 4) is 5.75 Å². The van der Waals surface area contributed by atoms with E-state index in [1.54, 1.807) is 0 Å². The monoisotopic (exact) mass is 263 g/mol. The van der Waals surface area contributed by atoms with Crippen molar-refractivity contribution in [3.05, 3.63) is 29.1 Å². The Hall–Kier alpha value is -1.76. The first-order chi connectivity index (χ1) is 8.38. The molecule has 1 aromatic carbocycles. The Bertz CT molecular complexity index is 465. The standard InChI is InChI=1S/C11H12F3NO3/c1-18-11-6(13)4-5(12)10(14)9(11)7(15)2-3-8(16)17/h4,7H,2-3,15H2,1H3,(H,16,17). The summed E-state index contributed by atoms with van der Waals surface area (Å²) in [5.74, 6) is -5.45. The number of benzene rings is 1. The first-order valence-electron chi connectivity index (χ1n) is 5.07. The van der Waals surface area contributed by atoms with Gasteiger partial charge in [-0.15, -0.1) is 0 Å². The second-order valence-electron chi connectivity index (χ2n) is 3.64. The number of hydrogen-bond donors (Lipinski definition) is 2. The van der Waals surface area contributed by atoms with Gasteiger partial charge in [0.1, 0.15) is 0 Å². The molecule has 0 aliphatic heterocycles. The number of carboxylic acid groups (broad SMARTS) is 1. The highest BCUT2D eigenvalue weighted by Gasteiger charge is 2.24. The Morgan fingerprint density at radius 3 is 2.56 bits per heavy atom. The van der Waals surface area contributed by atoms with Gasteiger partial charge in [-0.05, 0) is 6.42 Å². The van der Waals surface area contributed by atoms with Crippen molar-refractivity contribution in [1.82, 2.24) is 0 Å². The zero-order valence-electron chi connectivity index (χ0n) is 9.54. The molecule has 4 nitrogen and oxygen atoms in total. The lowest BCUT2D eigenvalue weighted by molar-refractivity contribution is -0.137. The van der Waals surface area contributed by atoms with Gasteiger partial charge in [0.25, 0.3) is 0 Å². The Morgan fingerprint density at radius 2 is 2.06 bits per heavy atom. The minimum absolute atomic E-state index is 0.161. The molecule has 0 amide bonds. The number of nitrogens with two attached hydrogens (primary N) is 1. The van der Waals surface area contributed by atoms with E-state index in [1.807, 2.05) is 0 Å². The second kappa shape index (κ2) is 5.72. The van der Waals surface area contributed by atoms with Gasteiger partial charge in [-0.3, -0.25) is 4.79 Å². The third-order valence-corrected chi connectivity index (χ3v) is 2.41. The summed E-state index contributed by atoms with van der Waals surface area (Å²) >= 11 is 0. The van der Waals surface area contributed by atoms with Crippen LogP contribution >= 0.6 is 0 Å². The molecule has 1 aromatic rings. The lowest BCUT2D eigenvalue weighted by Crippen LogP contribution is -2.17. The van der Waals surface area contributed by atoms with Gasteiger partial charge >= 0.3 is 5.97 Å². The van der Waals surface area contributed by atoms with Gasteiger partial charge in [-0.1, -0.05) is 0 Å². The number of rotatable bonds is 5. The molecule has 0 radical (unpaired) electrons. The van der Waals surface area contributed by atoms with Crippen LogP contribution in [0.5, 0.6) is 5.75 Å². The van der Waals surface area contributed by atoms with Crippen LogP contribution in [0.15, 0.2) is 6.07 Å². The quantitative estimate of drug-likeness (QED) is 0.797. The summed E-state index contributed by atoms with van der Waals surface area (Å²) in [4.78, 5) is 10.4. The highest BCUT2D eigenvalue weighted by Crippen LogP contribution is 2.33. The summed E-state index contributed by atoms with van der Waals surface area (Å²) in [5.41, 5.74) is 5.05. The summed E-state index contributed by atoms with van der Waals surface area (Å²) in [5, 5.41) is 8.49. The van der Waals surface area contributed by atoms with Gasteiger partial charge in [-0.25, -0.2) is 13.2 Å². The molecular formula is C11H12F3NO3. The molecule has 0 saturated heterocycles. The molecule has 1 atom stereocenters. The molecule has 0 fully saturated rings. The first kappa shape index (κ1) is 14.3. The molecule has 100 valence electrons. The van der Waals surface area contributed by atoms with E-state index in [0.29, 0.717) is 6.07 Å². The van der Waals surface area contributed by atoms with E-state index in [0.717, 1.165) is 7.11 Å². The summed E-state index contributed by atoms with van der Waals surface area (Å²) in [6.07, 6.45) is -0.507. The fourth-order valence-corrected chi connectivity index (χ4v) is 1.56. The maximum atomic E-state index is 13.6. The maximum Gasteiger partial charge on any atom is 0.303 e. The van der Waals surface area contributed by atoms with Crippen molar-refractivity contribution < 1.29 is 27.8 Å². The molecule has 7 heteroatoms. The van der Waals surface area contributed by atoms with Crippen LogP contribution in [-0.2, 0) is 4.79 Å². The molecule has 1 rings (SSSR count). The minimum atomic E-state index is -1.39. The van der Waals surface area contributed by atoms with Gasteiger partial charge in [0.05, 0.1) is 12.7 Å². The van der Waals surface area contributed by atoms with Crippen molar-refractivity contribution in [2.75, 3.05) is 7.11 Å². The zero-order chi connectivity index (χ0) is 13.9. The maximum absolute atomic E-state index is 13.6. The van der Waals surface area contributed by atoms with E-state index in [4.69, 9.17) is 10.8 Å². The first-order valence-corrected chi connectivity index (χ1v) is 5.07. The van der Waals surface area contributed by atoms with Crippen molar-refractivity contribution in [2.45, 2.75) is 18.9 Å². The van der Waals surface area contributed by atoms with Gasteiger partial charge in [-0.2, -0.15) is 0 Å². The van der Waals surface area contributed by atoms with Crippen molar-refractivity contribution >= 4 is 5.97 Å². The molecule has 3 N–H and O–H groups in total. The lowest BCUT2D eigenvalue weighted by Gasteiger charge is -2.16. The van der Waals surface area contributed by atoms with Gasteiger partial charge < -0.3 is 15.6 Å². The van der Waals surface area contributed by atoms with E-state index < -0.39 is 40.8 Å². The third kappa shape index (κ3) is 2.92. The predicted octanol–water partition coefficient (Wildman–Crippen LogP) is 1.98. The summed E-state index contributed by atoms with van der Waals surface area (Å²) in [7, 11) is 1.09. The molecular weight excluding hydrogens is 251 g/mol. The van der Waals surface area contributed by atoms with Crippen LogP contribution in [0.4, 0.5) is 13.2 Å². The average Bonchev–Trinajstić information content (AvgIpc) is 2.30. The number of carboxylic acids is 1. The van der Waals surface area contributed by atoms with E-state index >= 15 is 0 Å². The van der Waals surface area contributed by atoms with Gasteiger partial charge in [0.15, 0.2) is 23.2 Å². The summed E-state index contributed by atoms with van der Waals surface area (Å²) in [6.45, 7) is 0. The average molecular weight is 263 g/mol. The molecule has 0 bridgehead atoms. The topological polar surface area (TPSA) is 72.5 Å². The largest absolute Gasteiger partial charge is 0.493 e. The van der Waals surface area contributed by atoms with Crippen molar-refractivity contribution in [3.63, 3.8) is 0 Å². The highest BCUT2D eigenvalue weighted by molar-refractivity contribution is 5.66. The van der Waals surface area contributed by atoms with Crippen LogP contribution in [0.25, 0.3) is 0 Å². The Labute approximate surface area is 101 Å². The fraction of sp³-hybridized carbons (Fsp3) is 0.364. The lowest BCUT2D eigenvalue weighted by atomic mass is 10.0. The number of hydrogen-bond acceptors (Lipinski definition) is 3. The van der Waals surface area contributed by atoms with Crippen LogP contribution in [0.2, 0.25) is 0 Å². The van der Waals surface area contributed by atoms with E-state index in [2.05, 4.69) is 4.74 Å². The number of methoxy groups -OCH3 is 1. The normalized spacial score (nSPS) is 12.3. The SMILES string of the molecule is COc1c(F)cc(F)c(F)c1C(N)CCC(=O)O. The van der Waals surface area contributed by atoms with E-state index in [1.165, 1.54) is 0 Å². The molecule has 0 aliphatic rings. The molecule has 0 saturated carbocycles. The Kier molecular flexibility index (Phi) is 4.55. The molecule has 1 unspecified atom stereocenters. The predicted molar refractivity (Wildman–Crippen MR) is 56.7 cm³/mol. The summed E-state index contributed by atoms with van der Waals surface area (Å²) < 4.78 is 44.6. The number of ether oxygens (including phenoxy) is 1. The number of halogens is 3. The number of aliphatic carboxylic acids is 1. The number of carbonyl (C=O) groups is 1. The van der Waals surface area contributed by atoms with E-state index in [-0.39, 0.29) is 12.8 Å². The zero-order valence-corrected chi connectivity index (χ0v) is 9.54. The van der Waals surface area contributed by atoms with Crippen molar-refractivity contribution in [2.24, 2.45) is 5.73 Å². The van der Waals surface area contributed by atoms with Gasteiger partial charge in [0.2, 0.25) is 0 Å². The van der Waals surface area contributed by atoms with Crippen LogP contribution in [0.1, 0.15) is 24.4 Å². The van der Waals surface area contributed by atoms with Crippen LogP contribution in [0.3, 0.4) is 0 Å². The van der Waals surface area contributed by atoms with Crippen molar-refractivity contribution in [1.29, 1.82) is 0 Å². The molecule has 0 aliphatic carbocycles. The van der Waals surface area contributed by atoms with Crippen LogP contribution in [0, 0.1) is 17.5 Å². The smallest absolute Gasteiger partial charge is 0.303 e. The molecule has 18 heavy (non-hydrogen) atoms. The third-order valence-electron chi connectivity index (χ3n) is 2.41. The molecule has 0 aromatic heterocycles. The second-order valence-corrected chi connectivity index (χ2v) is 3.64. The molecule has 0 heterocycles. The van der Waals surface area contributed by atoms with E-state index in [9.17, 15) is 18.0 Å². The van der Waals surface area contributed by atoms with Crippen LogP contribution in [-0.4, -0.2) is 18.2 Å². The molecule has 0 spiro atoms. The van der Waals surface area contributed by atoms with Crippen LogP contribution < -0.4 is 10.5 Å².